The van der Waals surface area contributed by atoms with Crippen molar-refractivity contribution in [2.75, 3.05) is 0 Å². The Hall–Kier alpha value is -1.75. The molecule has 1 unspecified atom stereocenters. The summed E-state index contributed by atoms with van der Waals surface area (Å²) in [5, 5.41) is 11.8. The van der Waals surface area contributed by atoms with Crippen LogP contribution in [0.1, 0.15) is 18.4 Å². The highest BCUT2D eigenvalue weighted by molar-refractivity contribution is 7.09. The van der Waals surface area contributed by atoms with Crippen LogP contribution in [0.5, 0.6) is 0 Å². The molecule has 2 rings (SSSR count). The highest BCUT2D eigenvalue weighted by Crippen LogP contribution is 2.22. The summed E-state index contributed by atoms with van der Waals surface area (Å²) in [6.07, 6.45) is 4.83. The highest BCUT2D eigenvalue weighted by atomic mass is 32.1. The van der Waals surface area contributed by atoms with Crippen LogP contribution in [-0.2, 0) is 11.2 Å². The van der Waals surface area contributed by atoms with E-state index in [1.54, 1.807) is 30.7 Å². The number of aromatic nitrogens is 2. The lowest BCUT2D eigenvalue weighted by Crippen LogP contribution is -2.10. The predicted molar refractivity (Wildman–Crippen MR) is 70.5 cm³/mol. The number of pyridine rings is 1. The van der Waals surface area contributed by atoms with Crippen LogP contribution in [0.25, 0.3) is 11.3 Å². The van der Waals surface area contributed by atoms with Gasteiger partial charge < -0.3 is 5.11 Å². The Morgan fingerprint density at radius 1 is 1.56 bits per heavy atom. The Morgan fingerprint density at radius 2 is 2.39 bits per heavy atom. The van der Waals surface area contributed by atoms with E-state index in [9.17, 15) is 4.79 Å². The third-order valence-electron chi connectivity index (χ3n) is 2.72. The van der Waals surface area contributed by atoms with Crippen molar-refractivity contribution >= 4 is 17.3 Å². The molecule has 4 nitrogen and oxygen atoms in total. The second-order valence-corrected chi connectivity index (χ2v) is 5.09. The van der Waals surface area contributed by atoms with Crippen LogP contribution >= 0.6 is 11.3 Å². The molecule has 94 valence electrons. The van der Waals surface area contributed by atoms with E-state index in [1.165, 1.54) is 0 Å². The zero-order valence-corrected chi connectivity index (χ0v) is 10.9. The summed E-state index contributed by atoms with van der Waals surface area (Å²) < 4.78 is 0. The van der Waals surface area contributed by atoms with Crippen molar-refractivity contribution in [1.29, 1.82) is 0 Å². The van der Waals surface area contributed by atoms with E-state index in [0.29, 0.717) is 12.8 Å². The average molecular weight is 262 g/mol. The van der Waals surface area contributed by atoms with Crippen molar-refractivity contribution < 1.29 is 9.90 Å². The SMILES string of the molecule is CC(CCc1nc(-c2cccnc2)cs1)C(=O)O. The molecule has 0 saturated carbocycles. The van der Waals surface area contributed by atoms with Crippen LogP contribution in [-0.4, -0.2) is 21.0 Å². The molecule has 1 N–H and O–H groups in total. The molecule has 2 aromatic heterocycles. The van der Waals surface area contributed by atoms with E-state index < -0.39 is 5.97 Å². The minimum absolute atomic E-state index is 0.323. The predicted octanol–water partition coefficient (Wildman–Crippen LogP) is 2.86. The number of carboxylic acid groups (broad SMARTS) is 1. The first-order valence-corrected chi connectivity index (χ1v) is 6.62. The first kappa shape index (κ1) is 12.7. The lowest BCUT2D eigenvalue weighted by atomic mass is 10.1. The summed E-state index contributed by atoms with van der Waals surface area (Å²) in [4.78, 5) is 19.3. The standard InChI is InChI=1S/C13H14N2O2S/c1-9(13(16)17)4-5-12-15-11(8-18-12)10-3-2-6-14-7-10/h2-3,6-9H,4-5H2,1H3,(H,16,17). The first-order valence-electron chi connectivity index (χ1n) is 5.74. The van der Waals surface area contributed by atoms with Crippen molar-refractivity contribution in [3.63, 3.8) is 0 Å². The van der Waals surface area contributed by atoms with Crippen LogP contribution < -0.4 is 0 Å². The minimum Gasteiger partial charge on any atom is -0.481 e. The van der Waals surface area contributed by atoms with E-state index >= 15 is 0 Å². The Morgan fingerprint density at radius 3 is 3.06 bits per heavy atom. The van der Waals surface area contributed by atoms with Crippen LogP contribution in [0, 0.1) is 5.92 Å². The molecule has 1 atom stereocenters. The van der Waals surface area contributed by atoms with Crippen molar-refractivity contribution in [2.24, 2.45) is 5.92 Å². The van der Waals surface area contributed by atoms with Gasteiger partial charge in [-0.15, -0.1) is 11.3 Å². The van der Waals surface area contributed by atoms with Crippen LogP contribution in [0.2, 0.25) is 0 Å². The number of hydrogen-bond donors (Lipinski definition) is 1. The fourth-order valence-corrected chi connectivity index (χ4v) is 2.36. The summed E-state index contributed by atoms with van der Waals surface area (Å²) in [6.45, 7) is 1.72. The summed E-state index contributed by atoms with van der Waals surface area (Å²) in [7, 11) is 0. The second kappa shape index (κ2) is 5.73. The molecule has 5 heteroatoms. The quantitative estimate of drug-likeness (QED) is 0.900. The van der Waals surface area contributed by atoms with E-state index in [1.807, 2.05) is 17.5 Å². The molecule has 2 aromatic rings. The van der Waals surface area contributed by atoms with Gasteiger partial charge in [0.25, 0.3) is 0 Å². The Kier molecular flexibility index (Phi) is 4.04. The van der Waals surface area contributed by atoms with E-state index in [4.69, 9.17) is 5.11 Å². The molecule has 0 amide bonds. The molecule has 18 heavy (non-hydrogen) atoms. The van der Waals surface area contributed by atoms with Crippen LogP contribution in [0.4, 0.5) is 0 Å². The monoisotopic (exact) mass is 262 g/mol. The zero-order chi connectivity index (χ0) is 13.0. The maximum absolute atomic E-state index is 10.7. The largest absolute Gasteiger partial charge is 0.481 e. The second-order valence-electron chi connectivity index (χ2n) is 4.15. The zero-order valence-electron chi connectivity index (χ0n) is 10.0. The number of rotatable bonds is 5. The Balaban J connectivity index is 2.01. The van der Waals surface area contributed by atoms with Crippen LogP contribution in [0.15, 0.2) is 29.9 Å². The molecule has 0 saturated heterocycles. The number of carbonyl (C=O) groups is 1. The lowest BCUT2D eigenvalue weighted by molar-refractivity contribution is -0.141. The van der Waals surface area contributed by atoms with Gasteiger partial charge in [-0.3, -0.25) is 9.78 Å². The van der Waals surface area contributed by atoms with Gasteiger partial charge in [-0.1, -0.05) is 6.92 Å². The van der Waals surface area contributed by atoms with Gasteiger partial charge in [0.05, 0.1) is 16.6 Å². The molecule has 0 aliphatic carbocycles. The molecule has 0 radical (unpaired) electrons. The van der Waals surface area contributed by atoms with Gasteiger partial charge >= 0.3 is 5.97 Å². The van der Waals surface area contributed by atoms with Gasteiger partial charge in [-0.05, 0) is 18.6 Å². The topological polar surface area (TPSA) is 63.1 Å². The summed E-state index contributed by atoms with van der Waals surface area (Å²) in [5.41, 5.74) is 1.90. The average Bonchev–Trinajstić information content (AvgIpc) is 2.85. The molecule has 0 aromatic carbocycles. The van der Waals surface area contributed by atoms with Gasteiger partial charge in [0.1, 0.15) is 0 Å². The van der Waals surface area contributed by atoms with Crippen LogP contribution in [0.3, 0.4) is 0 Å². The fourth-order valence-electron chi connectivity index (χ4n) is 1.54. The molecule has 0 aliphatic heterocycles. The third kappa shape index (κ3) is 3.13. The Labute approximate surface area is 109 Å². The van der Waals surface area contributed by atoms with Crippen molar-refractivity contribution in [3.05, 3.63) is 34.9 Å². The van der Waals surface area contributed by atoms with Gasteiger partial charge in [0.15, 0.2) is 0 Å². The smallest absolute Gasteiger partial charge is 0.306 e. The number of aryl methyl sites for hydroxylation is 1. The summed E-state index contributed by atoms with van der Waals surface area (Å²) >= 11 is 1.57. The number of carboxylic acids is 1. The number of aliphatic carboxylic acids is 1. The normalized spacial score (nSPS) is 12.3. The number of thiazole rings is 1. The first-order chi connectivity index (χ1) is 8.66. The Bertz CT molecular complexity index is 525. The number of hydrogen-bond acceptors (Lipinski definition) is 4. The van der Waals surface area contributed by atoms with E-state index in [-0.39, 0.29) is 5.92 Å². The minimum atomic E-state index is -0.751. The lowest BCUT2D eigenvalue weighted by Gasteiger charge is -2.02. The molecule has 0 bridgehead atoms. The molecule has 0 fully saturated rings. The molecule has 0 aliphatic rings. The molecular formula is C13H14N2O2S. The van der Waals surface area contributed by atoms with E-state index in [2.05, 4.69) is 9.97 Å². The molecule has 0 spiro atoms. The maximum Gasteiger partial charge on any atom is 0.306 e. The summed E-state index contributed by atoms with van der Waals surface area (Å²) in [6, 6.07) is 3.84. The van der Waals surface area contributed by atoms with Gasteiger partial charge in [0.2, 0.25) is 0 Å². The third-order valence-corrected chi connectivity index (χ3v) is 3.63. The molecular weight excluding hydrogens is 248 g/mol. The summed E-state index contributed by atoms with van der Waals surface area (Å²) in [5.74, 6) is -1.07. The number of nitrogens with zero attached hydrogens (tertiary/aromatic N) is 2. The van der Waals surface area contributed by atoms with Gasteiger partial charge in [0, 0.05) is 29.8 Å². The highest BCUT2D eigenvalue weighted by Gasteiger charge is 2.12. The van der Waals surface area contributed by atoms with Crippen molar-refractivity contribution in [1.82, 2.24) is 9.97 Å². The van der Waals surface area contributed by atoms with Crippen molar-refractivity contribution in [2.45, 2.75) is 19.8 Å². The van der Waals surface area contributed by atoms with Gasteiger partial charge in [-0.2, -0.15) is 0 Å². The fraction of sp³-hybridized carbons (Fsp3) is 0.308. The van der Waals surface area contributed by atoms with Gasteiger partial charge in [-0.25, -0.2) is 4.98 Å². The van der Waals surface area contributed by atoms with E-state index in [0.717, 1.165) is 16.3 Å². The van der Waals surface area contributed by atoms with Crippen molar-refractivity contribution in [3.8, 4) is 11.3 Å². The maximum atomic E-state index is 10.7. The molecule has 2 heterocycles.